The van der Waals surface area contributed by atoms with Crippen molar-refractivity contribution in [1.82, 2.24) is 24.9 Å². The number of halogens is 3. The van der Waals surface area contributed by atoms with Crippen LogP contribution < -0.4 is 16.4 Å². The summed E-state index contributed by atoms with van der Waals surface area (Å²) in [4.78, 5) is 30.7. The van der Waals surface area contributed by atoms with Crippen molar-refractivity contribution >= 4 is 29.5 Å². The highest BCUT2D eigenvalue weighted by atomic mass is 19.4. The number of nitrogens with two attached hydrogens (primary N) is 1. The second-order valence-electron chi connectivity index (χ2n) is 5.42. The monoisotopic (exact) mass is 406 g/mol. The molecule has 0 aromatic carbocycles. The SMILES string of the molecule is COC(=O)Nc1cccc(-c2nc(N)nc(Nc3ccnc(C(F)(F)F)c3)n2)n1. The number of alkyl halides is 3. The predicted molar refractivity (Wildman–Crippen MR) is 96.0 cm³/mol. The summed E-state index contributed by atoms with van der Waals surface area (Å²) >= 11 is 0. The molecule has 4 N–H and O–H groups in total. The van der Waals surface area contributed by atoms with E-state index >= 15 is 0 Å². The van der Waals surface area contributed by atoms with Crippen LogP contribution in [0.15, 0.2) is 36.5 Å². The number of carbonyl (C=O) groups excluding carboxylic acids is 1. The molecule has 0 radical (unpaired) electrons. The lowest BCUT2D eigenvalue weighted by atomic mass is 10.3. The molecule has 0 saturated carbocycles. The van der Waals surface area contributed by atoms with Gasteiger partial charge in [0, 0.05) is 11.9 Å². The number of carbonyl (C=O) groups is 1. The predicted octanol–water partition coefficient (Wildman–Crippen LogP) is 2.85. The lowest BCUT2D eigenvalue weighted by Gasteiger charge is -2.10. The van der Waals surface area contributed by atoms with Crippen molar-refractivity contribution < 1.29 is 22.7 Å². The van der Waals surface area contributed by atoms with Crippen LogP contribution in [0.5, 0.6) is 0 Å². The van der Waals surface area contributed by atoms with Gasteiger partial charge in [-0.15, -0.1) is 0 Å². The molecule has 0 saturated heterocycles. The summed E-state index contributed by atoms with van der Waals surface area (Å²) in [6.45, 7) is 0. The fourth-order valence-electron chi connectivity index (χ4n) is 2.14. The van der Waals surface area contributed by atoms with Gasteiger partial charge in [-0.25, -0.2) is 9.78 Å². The molecule has 3 heterocycles. The molecule has 1 amide bonds. The van der Waals surface area contributed by atoms with Crippen molar-refractivity contribution in [2.24, 2.45) is 0 Å². The maximum absolute atomic E-state index is 12.8. The van der Waals surface area contributed by atoms with Gasteiger partial charge in [-0.05, 0) is 24.3 Å². The Kier molecular flexibility index (Phi) is 5.38. The van der Waals surface area contributed by atoms with E-state index in [1.165, 1.54) is 19.2 Å². The number of anilines is 4. The number of pyridine rings is 2. The zero-order valence-corrected chi connectivity index (χ0v) is 14.7. The largest absolute Gasteiger partial charge is 0.453 e. The van der Waals surface area contributed by atoms with E-state index in [1.807, 2.05) is 0 Å². The summed E-state index contributed by atoms with van der Waals surface area (Å²) in [7, 11) is 1.20. The van der Waals surface area contributed by atoms with Crippen LogP contribution in [0.25, 0.3) is 11.5 Å². The van der Waals surface area contributed by atoms with E-state index in [1.54, 1.807) is 12.1 Å². The number of ether oxygens (including phenoxy) is 1. The van der Waals surface area contributed by atoms with E-state index in [0.717, 1.165) is 12.3 Å². The molecule has 10 nitrogen and oxygen atoms in total. The van der Waals surface area contributed by atoms with Gasteiger partial charge in [0.2, 0.25) is 11.9 Å². The number of hydrogen-bond acceptors (Lipinski definition) is 9. The molecule has 0 unspecified atom stereocenters. The Morgan fingerprint density at radius 2 is 1.93 bits per heavy atom. The highest BCUT2D eigenvalue weighted by Gasteiger charge is 2.32. The highest BCUT2D eigenvalue weighted by Crippen LogP contribution is 2.29. The first-order chi connectivity index (χ1) is 13.7. The van der Waals surface area contributed by atoms with Crippen molar-refractivity contribution in [1.29, 1.82) is 0 Å². The van der Waals surface area contributed by atoms with Gasteiger partial charge in [-0.1, -0.05) is 6.07 Å². The van der Waals surface area contributed by atoms with Gasteiger partial charge < -0.3 is 15.8 Å². The van der Waals surface area contributed by atoms with Crippen molar-refractivity contribution in [3.63, 3.8) is 0 Å². The summed E-state index contributed by atoms with van der Waals surface area (Å²) in [5, 5.41) is 5.01. The third-order valence-electron chi connectivity index (χ3n) is 3.35. The first kappa shape index (κ1) is 19.7. The second-order valence-corrected chi connectivity index (χ2v) is 5.42. The van der Waals surface area contributed by atoms with Crippen LogP contribution in [0.4, 0.5) is 41.4 Å². The van der Waals surface area contributed by atoms with E-state index in [9.17, 15) is 18.0 Å². The molecule has 0 atom stereocenters. The molecule has 150 valence electrons. The molecule has 0 aliphatic carbocycles. The number of rotatable bonds is 4. The Morgan fingerprint density at radius 1 is 1.14 bits per heavy atom. The number of aromatic nitrogens is 5. The number of amides is 1. The van der Waals surface area contributed by atoms with E-state index in [4.69, 9.17) is 5.73 Å². The summed E-state index contributed by atoms with van der Waals surface area (Å²) in [5.41, 5.74) is 4.89. The Bertz CT molecular complexity index is 1040. The van der Waals surface area contributed by atoms with Gasteiger partial charge in [0.15, 0.2) is 5.82 Å². The second kappa shape index (κ2) is 7.92. The number of nitrogens with zero attached hydrogens (tertiary/aromatic N) is 5. The number of methoxy groups -OCH3 is 1. The standard InChI is InChI=1S/C16H13F3N8O2/c1-29-15(28)24-11-4-2-3-9(23-11)12-25-13(20)27-14(26-12)22-8-5-6-21-10(7-8)16(17,18)19/h2-7H,1H3,(H,23,24,28)(H3,20,21,22,25,26,27). The maximum Gasteiger partial charge on any atom is 0.433 e. The van der Waals surface area contributed by atoms with Crippen molar-refractivity contribution in [3.05, 3.63) is 42.2 Å². The topological polar surface area (TPSA) is 141 Å². The van der Waals surface area contributed by atoms with Crippen molar-refractivity contribution in [3.8, 4) is 11.5 Å². The van der Waals surface area contributed by atoms with Crippen molar-refractivity contribution in [2.45, 2.75) is 6.18 Å². The lowest BCUT2D eigenvalue weighted by Crippen LogP contribution is -2.12. The molecule has 0 fully saturated rings. The van der Waals surface area contributed by atoms with Crippen LogP contribution in [-0.4, -0.2) is 38.1 Å². The van der Waals surface area contributed by atoms with Crippen LogP contribution >= 0.6 is 0 Å². The normalized spacial score (nSPS) is 11.0. The number of hydrogen-bond donors (Lipinski definition) is 3. The van der Waals surface area contributed by atoms with E-state index in [2.05, 4.69) is 40.3 Å². The zero-order valence-electron chi connectivity index (χ0n) is 14.7. The molecule has 0 bridgehead atoms. The molecule has 13 heteroatoms. The molecule has 0 aliphatic rings. The van der Waals surface area contributed by atoms with Gasteiger partial charge in [0.1, 0.15) is 17.2 Å². The Morgan fingerprint density at radius 3 is 2.66 bits per heavy atom. The van der Waals surface area contributed by atoms with Crippen LogP contribution in [0.1, 0.15) is 5.69 Å². The van der Waals surface area contributed by atoms with Crippen LogP contribution in [0.2, 0.25) is 0 Å². The third kappa shape index (κ3) is 5.03. The number of nitrogens with one attached hydrogen (secondary N) is 2. The van der Waals surface area contributed by atoms with Crippen molar-refractivity contribution in [2.75, 3.05) is 23.5 Å². The molecule has 29 heavy (non-hydrogen) atoms. The minimum atomic E-state index is -4.60. The smallest absolute Gasteiger partial charge is 0.433 e. The molecule has 0 aliphatic heterocycles. The first-order valence-corrected chi connectivity index (χ1v) is 7.89. The Balaban J connectivity index is 1.90. The Hall–Kier alpha value is -4.03. The summed E-state index contributed by atoms with van der Waals surface area (Å²) in [6, 6.07) is 6.76. The van der Waals surface area contributed by atoms with Crippen LogP contribution in [0, 0.1) is 0 Å². The van der Waals surface area contributed by atoms with Gasteiger partial charge in [0.25, 0.3) is 0 Å². The van der Waals surface area contributed by atoms with E-state index in [-0.39, 0.29) is 34.9 Å². The molecule has 3 aromatic rings. The Labute approximate surface area is 161 Å². The lowest BCUT2D eigenvalue weighted by molar-refractivity contribution is -0.141. The molecular weight excluding hydrogens is 393 g/mol. The summed E-state index contributed by atoms with van der Waals surface area (Å²) < 4.78 is 42.9. The molecule has 3 aromatic heterocycles. The molecule has 3 rings (SSSR count). The van der Waals surface area contributed by atoms with Gasteiger partial charge in [0.05, 0.1) is 7.11 Å². The fourth-order valence-corrected chi connectivity index (χ4v) is 2.14. The zero-order chi connectivity index (χ0) is 21.0. The van der Waals surface area contributed by atoms with Gasteiger partial charge >= 0.3 is 12.3 Å². The third-order valence-corrected chi connectivity index (χ3v) is 3.35. The summed E-state index contributed by atoms with van der Waals surface area (Å²) in [5.74, 6) is -0.0684. The maximum atomic E-state index is 12.8. The molecular formula is C16H13F3N8O2. The van der Waals surface area contributed by atoms with E-state index < -0.39 is 18.0 Å². The summed E-state index contributed by atoms with van der Waals surface area (Å²) in [6.07, 6.45) is -4.32. The highest BCUT2D eigenvalue weighted by molar-refractivity contribution is 5.83. The average molecular weight is 406 g/mol. The first-order valence-electron chi connectivity index (χ1n) is 7.89. The fraction of sp³-hybridized carbons (Fsp3) is 0.125. The van der Waals surface area contributed by atoms with E-state index in [0.29, 0.717) is 0 Å². The minimum Gasteiger partial charge on any atom is -0.453 e. The van der Waals surface area contributed by atoms with Crippen LogP contribution in [0.3, 0.4) is 0 Å². The average Bonchev–Trinajstić information content (AvgIpc) is 2.67. The van der Waals surface area contributed by atoms with Gasteiger partial charge in [-0.3, -0.25) is 10.3 Å². The number of nitrogen functional groups attached to an aromatic ring is 1. The van der Waals surface area contributed by atoms with Gasteiger partial charge in [-0.2, -0.15) is 28.1 Å². The molecule has 0 spiro atoms. The van der Waals surface area contributed by atoms with Crippen LogP contribution in [-0.2, 0) is 10.9 Å². The quantitative estimate of drug-likeness (QED) is 0.596. The minimum absolute atomic E-state index is 0.0404.